The molecule has 0 radical (unpaired) electrons. The highest BCUT2D eigenvalue weighted by molar-refractivity contribution is 7.92. The molecule has 230 valence electrons. The van der Waals surface area contributed by atoms with E-state index in [1.54, 1.807) is 23.1 Å². The van der Waals surface area contributed by atoms with E-state index in [1.165, 1.54) is 4.31 Å². The molecule has 0 fully saturated rings. The SMILES string of the molecule is Cc1cccc(CN(C(=O)CCCN(c2ccc3c(c2)OCO3)S(C)(=O)=O)[C@H](Cc2ccccc2)C(=O)NCC(C)C)c1. The van der Waals surface area contributed by atoms with Gasteiger partial charge >= 0.3 is 0 Å². The second-order valence-electron chi connectivity index (χ2n) is 11.3. The predicted octanol–water partition coefficient (Wildman–Crippen LogP) is 4.68. The minimum absolute atomic E-state index is 0.0607. The number of anilines is 1. The Bertz CT molecular complexity index is 1510. The third kappa shape index (κ3) is 8.97. The summed E-state index contributed by atoms with van der Waals surface area (Å²) in [6.07, 6.45) is 1.81. The predicted molar refractivity (Wildman–Crippen MR) is 167 cm³/mol. The summed E-state index contributed by atoms with van der Waals surface area (Å²) < 4.78 is 37.5. The van der Waals surface area contributed by atoms with Crippen molar-refractivity contribution in [3.8, 4) is 11.5 Å². The van der Waals surface area contributed by atoms with Crippen LogP contribution in [-0.2, 0) is 32.6 Å². The van der Waals surface area contributed by atoms with Crippen molar-refractivity contribution in [2.24, 2.45) is 5.92 Å². The largest absolute Gasteiger partial charge is 0.454 e. The summed E-state index contributed by atoms with van der Waals surface area (Å²) in [7, 11) is -3.64. The molecule has 0 spiro atoms. The molecule has 3 aromatic carbocycles. The molecule has 0 bridgehead atoms. The molecule has 4 rings (SSSR count). The van der Waals surface area contributed by atoms with Gasteiger partial charge in [-0.05, 0) is 42.5 Å². The molecule has 43 heavy (non-hydrogen) atoms. The van der Waals surface area contributed by atoms with Gasteiger partial charge in [0.05, 0.1) is 11.9 Å². The zero-order chi connectivity index (χ0) is 31.0. The van der Waals surface area contributed by atoms with Crippen LogP contribution in [0.1, 0.15) is 43.4 Å². The standard InChI is InChI=1S/C33H41N3O6S/c1-24(2)21-34-33(38)29(19-26-11-6-5-7-12-26)35(22-27-13-8-10-25(3)18-27)32(37)14-9-17-36(43(4,39)40)28-15-16-30-31(20-28)42-23-41-30/h5-8,10-13,15-16,18,20,24,29H,9,14,17,19,21-23H2,1-4H3,(H,34,38)/t29-/m1/s1. The molecule has 1 aliphatic heterocycles. The highest BCUT2D eigenvalue weighted by Gasteiger charge is 2.31. The molecule has 1 aliphatic rings. The summed E-state index contributed by atoms with van der Waals surface area (Å²) >= 11 is 0. The number of fused-ring (bicyclic) bond motifs is 1. The summed E-state index contributed by atoms with van der Waals surface area (Å²) in [5.41, 5.74) is 3.36. The maximum atomic E-state index is 14.0. The van der Waals surface area contributed by atoms with Crippen molar-refractivity contribution in [3.63, 3.8) is 0 Å². The van der Waals surface area contributed by atoms with E-state index in [0.29, 0.717) is 30.2 Å². The molecule has 1 heterocycles. The van der Waals surface area contributed by atoms with Crippen LogP contribution in [0.4, 0.5) is 5.69 Å². The van der Waals surface area contributed by atoms with Gasteiger partial charge in [0.25, 0.3) is 0 Å². The van der Waals surface area contributed by atoms with Crippen LogP contribution in [-0.4, -0.2) is 57.3 Å². The second kappa shape index (κ2) is 14.4. The van der Waals surface area contributed by atoms with Gasteiger partial charge < -0.3 is 19.7 Å². The van der Waals surface area contributed by atoms with Crippen molar-refractivity contribution in [1.82, 2.24) is 10.2 Å². The van der Waals surface area contributed by atoms with E-state index in [2.05, 4.69) is 5.32 Å². The van der Waals surface area contributed by atoms with Crippen LogP contribution in [0.15, 0.2) is 72.8 Å². The van der Waals surface area contributed by atoms with Crippen LogP contribution in [0.2, 0.25) is 0 Å². The molecule has 0 saturated carbocycles. The van der Waals surface area contributed by atoms with Gasteiger partial charge in [-0.3, -0.25) is 13.9 Å². The first-order chi connectivity index (χ1) is 20.5. The van der Waals surface area contributed by atoms with E-state index in [-0.39, 0.29) is 50.5 Å². The second-order valence-corrected chi connectivity index (χ2v) is 13.2. The molecule has 9 nitrogen and oxygen atoms in total. The number of carbonyl (C=O) groups is 2. The van der Waals surface area contributed by atoms with Crippen LogP contribution >= 0.6 is 0 Å². The highest BCUT2D eigenvalue weighted by atomic mass is 32.2. The monoisotopic (exact) mass is 607 g/mol. The summed E-state index contributed by atoms with van der Waals surface area (Å²) in [5, 5.41) is 3.03. The Balaban J connectivity index is 1.57. The van der Waals surface area contributed by atoms with Gasteiger partial charge in [-0.15, -0.1) is 0 Å². The maximum Gasteiger partial charge on any atom is 0.243 e. The van der Waals surface area contributed by atoms with Gasteiger partial charge in [0.1, 0.15) is 6.04 Å². The zero-order valence-corrected chi connectivity index (χ0v) is 26.1. The number of nitrogens with zero attached hydrogens (tertiary/aromatic N) is 2. The number of benzene rings is 3. The lowest BCUT2D eigenvalue weighted by Crippen LogP contribution is -2.51. The maximum absolute atomic E-state index is 14.0. The molecule has 3 aromatic rings. The van der Waals surface area contributed by atoms with Crippen molar-refractivity contribution in [2.45, 2.75) is 52.6 Å². The van der Waals surface area contributed by atoms with Crippen molar-refractivity contribution in [1.29, 1.82) is 0 Å². The van der Waals surface area contributed by atoms with Gasteiger partial charge in [-0.25, -0.2) is 8.42 Å². The Labute approximate surface area is 254 Å². The van der Waals surface area contributed by atoms with E-state index < -0.39 is 16.1 Å². The van der Waals surface area contributed by atoms with Gasteiger partial charge in [0.15, 0.2) is 11.5 Å². The fourth-order valence-corrected chi connectivity index (χ4v) is 5.99. The lowest BCUT2D eigenvalue weighted by atomic mass is 10.0. The minimum Gasteiger partial charge on any atom is -0.454 e. The van der Waals surface area contributed by atoms with Gasteiger partial charge in [-0.2, -0.15) is 0 Å². The topological polar surface area (TPSA) is 105 Å². The number of rotatable bonds is 14. The number of ether oxygens (including phenoxy) is 2. The Hall–Kier alpha value is -4.05. The molecule has 2 amide bonds. The summed E-state index contributed by atoms with van der Waals surface area (Å²) in [6.45, 7) is 6.96. The van der Waals surface area contributed by atoms with Crippen molar-refractivity contribution < 1.29 is 27.5 Å². The average molecular weight is 608 g/mol. The summed E-state index contributed by atoms with van der Waals surface area (Å²) in [4.78, 5) is 29.2. The van der Waals surface area contributed by atoms with Crippen LogP contribution in [0.3, 0.4) is 0 Å². The molecule has 0 unspecified atom stereocenters. The van der Waals surface area contributed by atoms with E-state index in [1.807, 2.05) is 75.4 Å². The van der Waals surface area contributed by atoms with Crippen molar-refractivity contribution in [3.05, 3.63) is 89.5 Å². The molecular weight excluding hydrogens is 566 g/mol. The Morgan fingerprint density at radius 3 is 2.35 bits per heavy atom. The van der Waals surface area contributed by atoms with Crippen LogP contribution in [0.5, 0.6) is 11.5 Å². The number of carbonyl (C=O) groups excluding carboxylic acids is 2. The van der Waals surface area contributed by atoms with Gasteiger partial charge in [-0.1, -0.05) is 74.0 Å². The summed E-state index contributed by atoms with van der Waals surface area (Å²) in [5.74, 6) is 0.848. The fraction of sp³-hybridized carbons (Fsp3) is 0.394. The quantitative estimate of drug-likeness (QED) is 0.285. The normalized spacial score (nSPS) is 13.0. The lowest BCUT2D eigenvalue weighted by molar-refractivity contribution is -0.141. The lowest BCUT2D eigenvalue weighted by Gasteiger charge is -2.32. The van der Waals surface area contributed by atoms with Crippen molar-refractivity contribution in [2.75, 3.05) is 30.4 Å². The first kappa shape index (κ1) is 31.9. The third-order valence-electron chi connectivity index (χ3n) is 7.19. The number of nitrogens with one attached hydrogen (secondary N) is 1. The smallest absolute Gasteiger partial charge is 0.243 e. The van der Waals surface area contributed by atoms with Crippen LogP contribution < -0.4 is 19.1 Å². The number of hydrogen-bond acceptors (Lipinski definition) is 6. The van der Waals surface area contributed by atoms with Crippen molar-refractivity contribution >= 4 is 27.5 Å². The zero-order valence-electron chi connectivity index (χ0n) is 25.3. The average Bonchev–Trinajstić information content (AvgIpc) is 3.44. The van der Waals surface area contributed by atoms with Gasteiger partial charge in [0, 0.05) is 38.5 Å². The minimum atomic E-state index is -3.64. The molecule has 0 aromatic heterocycles. The molecular formula is C33H41N3O6S. The molecule has 0 aliphatic carbocycles. The summed E-state index contributed by atoms with van der Waals surface area (Å²) in [6, 6.07) is 21.8. The third-order valence-corrected chi connectivity index (χ3v) is 8.38. The number of amides is 2. The first-order valence-electron chi connectivity index (χ1n) is 14.6. The molecule has 0 saturated heterocycles. The Morgan fingerprint density at radius 2 is 1.65 bits per heavy atom. The van der Waals surface area contributed by atoms with Crippen LogP contribution in [0, 0.1) is 12.8 Å². The molecule has 1 atom stereocenters. The van der Waals surface area contributed by atoms with E-state index in [9.17, 15) is 18.0 Å². The fourth-order valence-electron chi connectivity index (χ4n) is 5.03. The Morgan fingerprint density at radius 1 is 0.930 bits per heavy atom. The highest BCUT2D eigenvalue weighted by Crippen LogP contribution is 2.36. The first-order valence-corrected chi connectivity index (χ1v) is 16.4. The van der Waals surface area contributed by atoms with E-state index in [4.69, 9.17) is 9.47 Å². The van der Waals surface area contributed by atoms with E-state index in [0.717, 1.165) is 22.9 Å². The molecule has 10 heteroatoms. The number of sulfonamides is 1. The number of aryl methyl sites for hydroxylation is 1. The molecule has 1 N–H and O–H groups in total. The number of hydrogen-bond donors (Lipinski definition) is 1. The Kier molecular flexibility index (Phi) is 10.7. The van der Waals surface area contributed by atoms with E-state index >= 15 is 0 Å². The van der Waals surface area contributed by atoms with Crippen LogP contribution in [0.25, 0.3) is 0 Å². The van der Waals surface area contributed by atoms with Gasteiger partial charge in [0.2, 0.25) is 28.6 Å².